The van der Waals surface area contributed by atoms with E-state index in [9.17, 15) is 0 Å². The third kappa shape index (κ3) is 5.31. The minimum atomic E-state index is -1.14. The van der Waals surface area contributed by atoms with Crippen LogP contribution in [0.4, 0.5) is 0 Å². The summed E-state index contributed by atoms with van der Waals surface area (Å²) in [7, 11) is 0.546. The van der Waals surface area contributed by atoms with Crippen molar-refractivity contribution in [2.24, 2.45) is 0 Å². The Morgan fingerprint density at radius 3 is 2.17 bits per heavy atom. The minimum Gasteiger partial charge on any atom is -0.496 e. The summed E-state index contributed by atoms with van der Waals surface area (Å²) in [6.07, 6.45) is 5.61. The van der Waals surface area contributed by atoms with Crippen molar-refractivity contribution in [3.63, 3.8) is 0 Å². The molecule has 3 nitrogen and oxygen atoms in total. The molecule has 0 aliphatic carbocycles. The fourth-order valence-corrected chi connectivity index (χ4v) is 6.47. The Morgan fingerprint density at radius 1 is 1.17 bits per heavy atom. The van der Waals surface area contributed by atoms with Crippen molar-refractivity contribution >= 4 is 9.04 Å². The van der Waals surface area contributed by atoms with Gasteiger partial charge >= 0.3 is 0 Å². The van der Waals surface area contributed by atoms with Crippen LogP contribution in [-0.4, -0.2) is 16.2 Å². The number of allylic oxidation sites excluding steroid dienone is 1. The maximum atomic E-state index is 6.67. The number of rotatable bonds is 7. The van der Waals surface area contributed by atoms with E-state index in [4.69, 9.17) is 9.16 Å². The van der Waals surface area contributed by atoms with Crippen molar-refractivity contribution in [1.29, 1.82) is 0 Å². The second kappa shape index (κ2) is 8.12. The molecule has 0 bridgehead atoms. The summed E-state index contributed by atoms with van der Waals surface area (Å²) < 4.78 is 14.2. The van der Waals surface area contributed by atoms with Crippen LogP contribution in [-0.2, 0) is 11.0 Å². The first-order valence-electron chi connectivity index (χ1n) is 8.40. The summed E-state index contributed by atoms with van der Waals surface area (Å²) >= 11 is 0. The zero-order valence-electron chi connectivity index (χ0n) is 16.3. The van der Waals surface area contributed by atoms with Gasteiger partial charge in [0.1, 0.15) is 11.9 Å². The van der Waals surface area contributed by atoms with E-state index in [2.05, 4.69) is 59.3 Å². The number of hydrogen-bond acceptors (Lipinski definition) is 2. The summed E-state index contributed by atoms with van der Waals surface area (Å²) in [5.41, 5.74) is 1.04. The lowest BCUT2D eigenvalue weighted by atomic mass is 10.2. The lowest BCUT2D eigenvalue weighted by Gasteiger charge is -2.39. The van der Waals surface area contributed by atoms with E-state index in [1.807, 2.05) is 30.5 Å². The molecule has 0 aliphatic rings. The molecule has 0 aromatic carbocycles. The Hall–Kier alpha value is -1.39. The molecule has 133 valence electrons. The first kappa shape index (κ1) is 20.7. The van der Waals surface area contributed by atoms with Crippen molar-refractivity contribution < 1.29 is 13.7 Å². The lowest BCUT2D eigenvalue weighted by Crippen LogP contribution is -2.43. The SMILES string of the molecule is C=CC[n+]1ccc(OC)cc1[C@@H](C=C)O[Si](C(C)(C)C)C(C)(C)C. The Kier molecular flexibility index (Phi) is 6.99. The standard InChI is InChI=1S/C20H33NO2Si/c1-10-13-21-14-12-16(22-9)15-17(21)18(11-2)23-24(19(3,4)5)20(6,7)8/h10-12,14-15,18H,1-2,13H2,3-9H3/q+1/t18-/m1/s1. The normalized spacial score (nSPS) is 13.7. The summed E-state index contributed by atoms with van der Waals surface area (Å²) in [5.74, 6) is 0.820. The number of methoxy groups -OCH3 is 1. The van der Waals surface area contributed by atoms with Gasteiger partial charge in [-0.3, -0.25) is 0 Å². The molecule has 1 atom stereocenters. The molecule has 24 heavy (non-hydrogen) atoms. The molecule has 1 radical (unpaired) electrons. The van der Waals surface area contributed by atoms with Crippen LogP contribution in [0.25, 0.3) is 0 Å². The number of ether oxygens (including phenoxy) is 1. The summed E-state index contributed by atoms with van der Waals surface area (Å²) in [4.78, 5) is 0. The van der Waals surface area contributed by atoms with Crippen LogP contribution in [0, 0.1) is 0 Å². The van der Waals surface area contributed by atoms with E-state index in [-0.39, 0.29) is 16.2 Å². The highest BCUT2D eigenvalue weighted by Gasteiger charge is 2.42. The molecular formula is C20H33NO2Si+. The predicted molar refractivity (Wildman–Crippen MR) is 103 cm³/mol. The fourth-order valence-electron chi connectivity index (χ4n) is 3.04. The minimum absolute atomic E-state index is 0.117. The van der Waals surface area contributed by atoms with Crippen LogP contribution in [0.2, 0.25) is 10.1 Å². The molecule has 4 heteroatoms. The number of hydrogen-bond donors (Lipinski definition) is 0. The van der Waals surface area contributed by atoms with Crippen LogP contribution in [0.5, 0.6) is 5.75 Å². The van der Waals surface area contributed by atoms with Crippen molar-refractivity contribution in [3.8, 4) is 5.75 Å². The monoisotopic (exact) mass is 347 g/mol. The molecule has 0 amide bonds. The summed E-state index contributed by atoms with van der Waals surface area (Å²) in [6, 6.07) is 3.98. The van der Waals surface area contributed by atoms with E-state index >= 15 is 0 Å². The molecule has 0 aliphatic heterocycles. The molecular weight excluding hydrogens is 314 g/mol. The molecule has 1 aromatic rings. The zero-order chi connectivity index (χ0) is 18.5. The van der Waals surface area contributed by atoms with E-state index in [1.165, 1.54) is 0 Å². The number of aromatic nitrogens is 1. The van der Waals surface area contributed by atoms with Gasteiger partial charge in [0, 0.05) is 6.07 Å². The van der Waals surface area contributed by atoms with Crippen molar-refractivity contribution in [2.45, 2.75) is 64.3 Å². The maximum Gasteiger partial charge on any atom is 0.224 e. The number of nitrogens with zero attached hydrogens (tertiary/aromatic N) is 1. The van der Waals surface area contributed by atoms with Gasteiger partial charge in [0.25, 0.3) is 0 Å². The third-order valence-corrected chi connectivity index (χ3v) is 6.93. The van der Waals surface area contributed by atoms with Gasteiger partial charge in [-0.05, 0) is 16.2 Å². The van der Waals surface area contributed by atoms with E-state index < -0.39 is 9.04 Å². The lowest BCUT2D eigenvalue weighted by molar-refractivity contribution is -0.697. The van der Waals surface area contributed by atoms with Gasteiger partial charge in [0.05, 0.1) is 13.2 Å². The van der Waals surface area contributed by atoms with Gasteiger partial charge in [0.15, 0.2) is 12.7 Å². The third-order valence-electron chi connectivity index (χ3n) is 3.71. The van der Waals surface area contributed by atoms with Gasteiger partial charge in [-0.2, -0.15) is 4.57 Å². The second-order valence-corrected chi connectivity index (χ2v) is 11.9. The largest absolute Gasteiger partial charge is 0.496 e. The average Bonchev–Trinajstić information content (AvgIpc) is 2.46. The predicted octanol–water partition coefficient (Wildman–Crippen LogP) is 5.00. The Labute approximate surface area is 149 Å². The average molecular weight is 348 g/mol. The molecule has 0 N–H and O–H groups in total. The maximum absolute atomic E-state index is 6.67. The first-order chi connectivity index (χ1) is 11.0. The van der Waals surface area contributed by atoms with Gasteiger partial charge in [-0.25, -0.2) is 0 Å². The second-order valence-electron chi connectivity index (χ2n) is 8.04. The molecule has 1 aromatic heterocycles. The summed E-state index contributed by atoms with van der Waals surface area (Å²) in [5, 5.41) is 0.235. The fraction of sp³-hybridized carbons (Fsp3) is 0.550. The van der Waals surface area contributed by atoms with Crippen LogP contribution in [0.15, 0.2) is 43.6 Å². The van der Waals surface area contributed by atoms with Crippen LogP contribution in [0.1, 0.15) is 53.3 Å². The molecule has 0 unspecified atom stereocenters. The van der Waals surface area contributed by atoms with Crippen molar-refractivity contribution in [2.75, 3.05) is 7.11 Å². The molecule has 1 heterocycles. The van der Waals surface area contributed by atoms with Crippen LogP contribution >= 0.6 is 0 Å². The highest BCUT2D eigenvalue weighted by molar-refractivity contribution is 6.58. The number of pyridine rings is 1. The van der Waals surface area contributed by atoms with Crippen LogP contribution < -0.4 is 9.30 Å². The van der Waals surface area contributed by atoms with Crippen molar-refractivity contribution in [3.05, 3.63) is 49.3 Å². The first-order valence-corrected chi connectivity index (χ1v) is 9.80. The highest BCUT2D eigenvalue weighted by Crippen LogP contribution is 2.44. The van der Waals surface area contributed by atoms with Gasteiger partial charge in [-0.15, -0.1) is 0 Å². The Bertz CT molecular complexity index is 556. The Morgan fingerprint density at radius 2 is 1.75 bits per heavy atom. The molecule has 0 fully saturated rings. The van der Waals surface area contributed by atoms with Gasteiger partial charge in [0.2, 0.25) is 14.7 Å². The quantitative estimate of drug-likeness (QED) is 0.393. The zero-order valence-corrected chi connectivity index (χ0v) is 17.3. The topological polar surface area (TPSA) is 22.3 Å². The van der Waals surface area contributed by atoms with Gasteiger partial charge < -0.3 is 9.16 Å². The molecule has 0 saturated heterocycles. The van der Waals surface area contributed by atoms with E-state index in [0.717, 1.165) is 18.0 Å². The molecule has 0 saturated carbocycles. The van der Waals surface area contributed by atoms with E-state index in [1.54, 1.807) is 7.11 Å². The molecule has 1 rings (SSSR count). The molecule has 0 spiro atoms. The smallest absolute Gasteiger partial charge is 0.224 e. The highest BCUT2D eigenvalue weighted by atomic mass is 28.3. The Balaban J connectivity index is 3.29. The van der Waals surface area contributed by atoms with Gasteiger partial charge in [-0.1, -0.05) is 60.8 Å². The van der Waals surface area contributed by atoms with E-state index in [0.29, 0.717) is 0 Å². The van der Waals surface area contributed by atoms with Crippen LogP contribution in [0.3, 0.4) is 0 Å². The summed E-state index contributed by atoms with van der Waals surface area (Å²) in [6.45, 7) is 22.2. The van der Waals surface area contributed by atoms with Crippen molar-refractivity contribution in [1.82, 2.24) is 0 Å².